The minimum absolute atomic E-state index is 0.0359. The number of carbonyl (C=O) groups excluding carboxylic acids is 1. The minimum Gasteiger partial charge on any atom is -0.313 e. The van der Waals surface area contributed by atoms with E-state index in [9.17, 15) is 14.4 Å². The first-order valence-corrected chi connectivity index (χ1v) is 7.38. The van der Waals surface area contributed by atoms with Gasteiger partial charge in [-0.25, -0.2) is 4.79 Å². The molecule has 0 amide bonds. The number of aromatic amines is 1. The Morgan fingerprint density at radius 2 is 2.00 bits per heavy atom. The highest BCUT2D eigenvalue weighted by Crippen LogP contribution is 2.08. The third-order valence-corrected chi connectivity index (χ3v) is 4.13. The van der Waals surface area contributed by atoms with Gasteiger partial charge in [0, 0.05) is 43.9 Å². The number of hydrogen-bond donors (Lipinski definition) is 1. The number of H-pyrrole nitrogens is 1. The zero-order valence-corrected chi connectivity index (χ0v) is 11.7. The van der Waals surface area contributed by atoms with Crippen LogP contribution in [-0.2, 0) is 6.54 Å². The monoisotopic (exact) mass is 283 g/mol. The summed E-state index contributed by atoms with van der Waals surface area (Å²) >= 11 is 1.91. The Kier molecular flexibility index (Phi) is 4.60. The lowest BCUT2D eigenvalue weighted by molar-refractivity contribution is 0.101. The summed E-state index contributed by atoms with van der Waals surface area (Å²) in [5, 5.41) is 0. The smallest absolute Gasteiger partial charge is 0.313 e. The van der Waals surface area contributed by atoms with Gasteiger partial charge in [0.2, 0.25) is 0 Å². The highest BCUT2D eigenvalue weighted by Gasteiger charge is 2.14. The summed E-state index contributed by atoms with van der Waals surface area (Å²) in [7, 11) is 0. The van der Waals surface area contributed by atoms with Crippen molar-refractivity contribution in [3.63, 3.8) is 0 Å². The molecule has 7 heteroatoms. The van der Waals surface area contributed by atoms with Gasteiger partial charge in [0.05, 0.1) is 5.56 Å². The maximum absolute atomic E-state index is 12.0. The lowest BCUT2D eigenvalue weighted by Crippen LogP contribution is -2.42. The average Bonchev–Trinajstić information content (AvgIpc) is 2.39. The molecule has 0 aliphatic carbocycles. The highest BCUT2D eigenvalue weighted by molar-refractivity contribution is 7.99. The van der Waals surface area contributed by atoms with Gasteiger partial charge in [-0.05, 0) is 6.92 Å². The number of rotatable bonds is 4. The number of Topliss-reactive ketones (excluding diaryl/α,β-unsaturated/α-hetero) is 1. The van der Waals surface area contributed by atoms with Gasteiger partial charge in [0.25, 0.3) is 5.56 Å². The van der Waals surface area contributed by atoms with Gasteiger partial charge in [-0.15, -0.1) is 0 Å². The molecular formula is C12H17N3O3S. The van der Waals surface area contributed by atoms with E-state index in [1.165, 1.54) is 13.1 Å². The topological polar surface area (TPSA) is 75.2 Å². The van der Waals surface area contributed by atoms with E-state index in [2.05, 4.69) is 9.88 Å². The predicted molar refractivity (Wildman–Crippen MR) is 75.1 cm³/mol. The van der Waals surface area contributed by atoms with E-state index in [1.54, 1.807) is 0 Å². The van der Waals surface area contributed by atoms with E-state index in [4.69, 9.17) is 0 Å². The van der Waals surface area contributed by atoms with Gasteiger partial charge >= 0.3 is 5.69 Å². The van der Waals surface area contributed by atoms with Crippen LogP contribution < -0.4 is 11.2 Å². The molecule has 1 saturated heterocycles. The summed E-state index contributed by atoms with van der Waals surface area (Å²) in [5.74, 6) is 1.83. The van der Waals surface area contributed by atoms with Crippen molar-refractivity contribution in [3.8, 4) is 0 Å². The molecule has 1 aromatic rings. The van der Waals surface area contributed by atoms with Crippen molar-refractivity contribution < 1.29 is 4.79 Å². The molecule has 2 heterocycles. The minimum atomic E-state index is -0.498. The molecule has 1 aromatic heterocycles. The Morgan fingerprint density at radius 1 is 1.32 bits per heavy atom. The predicted octanol–water partition coefficient (Wildman–Crippen LogP) is -0.212. The van der Waals surface area contributed by atoms with Gasteiger partial charge in [-0.2, -0.15) is 11.8 Å². The standard InChI is InChI=1S/C12H17N3O3S/c1-9(16)10-8-13-12(18)15(11(10)17)3-2-14-4-6-19-7-5-14/h8H,2-7H2,1H3,(H,13,18). The molecule has 0 spiro atoms. The third-order valence-electron chi connectivity index (χ3n) is 3.18. The van der Waals surface area contributed by atoms with Gasteiger partial charge < -0.3 is 4.98 Å². The van der Waals surface area contributed by atoms with E-state index >= 15 is 0 Å². The summed E-state index contributed by atoms with van der Waals surface area (Å²) in [5.41, 5.74) is -0.919. The van der Waals surface area contributed by atoms with Gasteiger partial charge in [0.1, 0.15) is 0 Å². The molecule has 6 nitrogen and oxygen atoms in total. The Morgan fingerprint density at radius 3 is 2.63 bits per heavy atom. The normalized spacial score (nSPS) is 16.5. The van der Waals surface area contributed by atoms with E-state index < -0.39 is 11.2 Å². The molecule has 19 heavy (non-hydrogen) atoms. The number of hydrogen-bond acceptors (Lipinski definition) is 5. The van der Waals surface area contributed by atoms with Gasteiger partial charge in [-0.1, -0.05) is 0 Å². The van der Waals surface area contributed by atoms with Crippen LogP contribution in [0.1, 0.15) is 17.3 Å². The molecule has 104 valence electrons. The van der Waals surface area contributed by atoms with Crippen molar-refractivity contribution >= 4 is 17.5 Å². The summed E-state index contributed by atoms with van der Waals surface area (Å²) in [6.45, 7) is 4.25. The van der Waals surface area contributed by atoms with E-state index in [0.717, 1.165) is 29.2 Å². The summed E-state index contributed by atoms with van der Waals surface area (Å²) in [6.07, 6.45) is 1.20. The Labute approximate surface area is 114 Å². The second-order valence-electron chi connectivity index (χ2n) is 4.47. The molecule has 0 aromatic carbocycles. The summed E-state index contributed by atoms with van der Waals surface area (Å²) in [4.78, 5) is 39.6. The number of aromatic nitrogens is 2. The van der Waals surface area contributed by atoms with Crippen LogP contribution in [0.25, 0.3) is 0 Å². The first-order valence-electron chi connectivity index (χ1n) is 6.23. The molecule has 0 atom stereocenters. The number of carbonyl (C=O) groups is 1. The van der Waals surface area contributed by atoms with Crippen LogP contribution in [0, 0.1) is 0 Å². The molecule has 0 unspecified atom stereocenters. The SMILES string of the molecule is CC(=O)c1c[nH]c(=O)n(CCN2CCSCC2)c1=O. The largest absolute Gasteiger partial charge is 0.328 e. The van der Waals surface area contributed by atoms with Gasteiger partial charge in [0.15, 0.2) is 5.78 Å². The van der Waals surface area contributed by atoms with Crippen molar-refractivity contribution in [2.75, 3.05) is 31.1 Å². The lowest BCUT2D eigenvalue weighted by atomic mass is 10.2. The van der Waals surface area contributed by atoms with E-state index in [1.807, 2.05) is 11.8 Å². The van der Waals surface area contributed by atoms with Gasteiger partial charge in [-0.3, -0.25) is 19.1 Å². The fourth-order valence-electron chi connectivity index (χ4n) is 2.03. The van der Waals surface area contributed by atoms with Crippen molar-refractivity contribution in [2.24, 2.45) is 0 Å². The second-order valence-corrected chi connectivity index (χ2v) is 5.70. The lowest BCUT2D eigenvalue weighted by Gasteiger charge is -2.26. The fraction of sp³-hybridized carbons (Fsp3) is 0.583. The maximum Gasteiger partial charge on any atom is 0.328 e. The quantitative estimate of drug-likeness (QED) is 0.774. The fourth-order valence-corrected chi connectivity index (χ4v) is 3.01. The number of ketones is 1. The van der Waals surface area contributed by atoms with E-state index in [0.29, 0.717) is 13.1 Å². The Bertz CT molecular complexity index is 572. The Hall–Kier alpha value is -1.34. The number of thioether (sulfide) groups is 1. The van der Waals surface area contributed by atoms with Crippen LogP contribution in [0.2, 0.25) is 0 Å². The molecule has 1 aliphatic heterocycles. The first kappa shape index (κ1) is 14.1. The van der Waals surface area contributed by atoms with Crippen LogP contribution in [0.5, 0.6) is 0 Å². The number of nitrogens with one attached hydrogen (secondary N) is 1. The van der Waals surface area contributed by atoms with E-state index in [-0.39, 0.29) is 11.3 Å². The molecule has 0 saturated carbocycles. The summed E-state index contributed by atoms with van der Waals surface area (Å²) in [6, 6.07) is 0. The third kappa shape index (κ3) is 3.36. The zero-order chi connectivity index (χ0) is 13.8. The molecule has 2 rings (SSSR count). The maximum atomic E-state index is 12.0. The van der Waals surface area contributed by atoms with Crippen molar-refractivity contribution in [1.29, 1.82) is 0 Å². The van der Waals surface area contributed by atoms with Crippen LogP contribution in [-0.4, -0.2) is 51.4 Å². The molecule has 1 N–H and O–H groups in total. The van der Waals surface area contributed by atoms with Crippen LogP contribution in [0.15, 0.2) is 15.8 Å². The zero-order valence-electron chi connectivity index (χ0n) is 10.8. The first-order chi connectivity index (χ1) is 9.09. The molecule has 1 aliphatic rings. The highest BCUT2D eigenvalue weighted by atomic mass is 32.2. The molecule has 0 radical (unpaired) electrons. The van der Waals surface area contributed by atoms with Crippen molar-refractivity contribution in [3.05, 3.63) is 32.6 Å². The molecular weight excluding hydrogens is 266 g/mol. The Balaban J connectivity index is 2.15. The second kappa shape index (κ2) is 6.21. The molecule has 1 fully saturated rings. The van der Waals surface area contributed by atoms with Crippen LogP contribution >= 0.6 is 11.8 Å². The molecule has 0 bridgehead atoms. The van der Waals surface area contributed by atoms with Crippen LogP contribution in [0.4, 0.5) is 0 Å². The number of nitrogens with zero attached hydrogens (tertiary/aromatic N) is 2. The average molecular weight is 283 g/mol. The van der Waals surface area contributed by atoms with Crippen LogP contribution in [0.3, 0.4) is 0 Å². The summed E-state index contributed by atoms with van der Waals surface area (Å²) < 4.78 is 1.11. The van der Waals surface area contributed by atoms with Crippen molar-refractivity contribution in [1.82, 2.24) is 14.5 Å². The van der Waals surface area contributed by atoms with Crippen molar-refractivity contribution in [2.45, 2.75) is 13.5 Å².